The van der Waals surface area contributed by atoms with Gasteiger partial charge in [0, 0.05) is 44.8 Å². The molecule has 8 nitrogen and oxygen atoms in total. The molecule has 0 spiro atoms. The minimum atomic E-state index is -3.73. The van der Waals surface area contributed by atoms with Crippen LogP contribution in [-0.4, -0.2) is 83.3 Å². The van der Waals surface area contributed by atoms with E-state index in [0.717, 1.165) is 0 Å². The molecule has 2 aliphatic heterocycles. The average Bonchev–Trinajstić information content (AvgIpc) is 3.18. The number of hydrogen-bond donors (Lipinski definition) is 0. The largest absolute Gasteiger partial charge is 0.336 e. The lowest BCUT2D eigenvalue weighted by molar-refractivity contribution is 0.0587. The van der Waals surface area contributed by atoms with Crippen molar-refractivity contribution in [1.29, 1.82) is 0 Å². The van der Waals surface area contributed by atoms with Crippen molar-refractivity contribution in [2.24, 2.45) is 0 Å². The molecule has 0 radical (unpaired) electrons. The first-order valence-electron chi connectivity index (χ1n) is 10.6. The maximum Gasteiger partial charge on any atom is 0.264 e. The van der Waals surface area contributed by atoms with Crippen molar-refractivity contribution in [1.82, 2.24) is 9.80 Å². The quantitative estimate of drug-likeness (QED) is 0.647. The van der Waals surface area contributed by atoms with E-state index in [1.165, 1.54) is 23.5 Å². The molecule has 1 amide bonds. The Kier molecular flexibility index (Phi) is 6.28. The summed E-state index contributed by atoms with van der Waals surface area (Å²) in [5.41, 5.74) is 0.990. The SMILES string of the molecule is CN(c1ccccc1)S(=O)(=O)c1ccc(C(=O)N2CCN([C@H]3CCS(=O)(=O)C3)CC2)cc1. The van der Waals surface area contributed by atoms with Crippen LogP contribution in [0.15, 0.2) is 59.5 Å². The van der Waals surface area contributed by atoms with Crippen LogP contribution in [0.3, 0.4) is 0 Å². The summed E-state index contributed by atoms with van der Waals surface area (Å²) in [5.74, 6) is 0.295. The van der Waals surface area contributed by atoms with Gasteiger partial charge in [0.15, 0.2) is 9.84 Å². The van der Waals surface area contributed by atoms with E-state index in [0.29, 0.717) is 43.9 Å². The monoisotopic (exact) mass is 477 g/mol. The number of anilines is 1. The molecule has 1 atom stereocenters. The summed E-state index contributed by atoms with van der Waals surface area (Å²) in [6, 6.07) is 14.9. The number of sulfonamides is 1. The Morgan fingerprint density at radius 1 is 0.969 bits per heavy atom. The Hall–Kier alpha value is -2.43. The Labute approximate surface area is 189 Å². The van der Waals surface area contributed by atoms with E-state index in [2.05, 4.69) is 4.90 Å². The number of carbonyl (C=O) groups excluding carboxylic acids is 1. The van der Waals surface area contributed by atoms with Crippen LogP contribution in [0.5, 0.6) is 0 Å². The molecule has 2 saturated heterocycles. The summed E-state index contributed by atoms with van der Waals surface area (Å²) < 4.78 is 50.5. The lowest BCUT2D eigenvalue weighted by atomic mass is 10.1. The summed E-state index contributed by atoms with van der Waals surface area (Å²) in [4.78, 5) is 16.9. The summed E-state index contributed by atoms with van der Waals surface area (Å²) >= 11 is 0. The third-order valence-electron chi connectivity index (χ3n) is 6.21. The van der Waals surface area contributed by atoms with Crippen LogP contribution in [0.4, 0.5) is 5.69 Å². The lowest BCUT2D eigenvalue weighted by Gasteiger charge is -2.37. The maximum absolute atomic E-state index is 12.9. The molecule has 2 fully saturated rings. The van der Waals surface area contributed by atoms with Gasteiger partial charge in [0.1, 0.15) is 0 Å². The van der Waals surface area contributed by atoms with Gasteiger partial charge in [-0.1, -0.05) is 18.2 Å². The van der Waals surface area contributed by atoms with Crippen molar-refractivity contribution in [2.75, 3.05) is 49.0 Å². The molecule has 4 rings (SSSR count). The summed E-state index contributed by atoms with van der Waals surface area (Å²) in [6.45, 7) is 2.32. The van der Waals surface area contributed by atoms with Crippen LogP contribution in [0.25, 0.3) is 0 Å². The highest BCUT2D eigenvalue weighted by molar-refractivity contribution is 7.92. The molecule has 32 heavy (non-hydrogen) atoms. The Balaban J connectivity index is 1.39. The molecule has 0 bridgehead atoms. The highest BCUT2D eigenvalue weighted by Gasteiger charge is 2.34. The van der Waals surface area contributed by atoms with Crippen LogP contribution in [0.1, 0.15) is 16.8 Å². The number of piperazine rings is 1. The second kappa shape index (κ2) is 8.84. The Morgan fingerprint density at radius 2 is 1.59 bits per heavy atom. The van der Waals surface area contributed by atoms with Crippen molar-refractivity contribution in [3.05, 3.63) is 60.2 Å². The van der Waals surface area contributed by atoms with E-state index >= 15 is 0 Å². The van der Waals surface area contributed by atoms with E-state index in [9.17, 15) is 21.6 Å². The summed E-state index contributed by atoms with van der Waals surface area (Å²) in [6.07, 6.45) is 0.656. The molecular weight excluding hydrogens is 450 g/mol. The van der Waals surface area contributed by atoms with Crippen molar-refractivity contribution in [2.45, 2.75) is 17.4 Å². The molecule has 2 heterocycles. The second-order valence-corrected chi connectivity index (χ2v) is 12.4. The van der Waals surface area contributed by atoms with Gasteiger partial charge in [0.25, 0.3) is 15.9 Å². The van der Waals surface area contributed by atoms with Crippen LogP contribution in [0.2, 0.25) is 0 Å². The second-order valence-electron chi connectivity index (χ2n) is 8.22. The smallest absolute Gasteiger partial charge is 0.264 e. The molecule has 2 aromatic carbocycles. The molecule has 0 unspecified atom stereocenters. The average molecular weight is 478 g/mol. The molecular formula is C22H27N3O5S2. The molecule has 2 aliphatic rings. The van der Waals surface area contributed by atoms with Crippen LogP contribution >= 0.6 is 0 Å². The third-order valence-corrected chi connectivity index (χ3v) is 9.76. The van der Waals surface area contributed by atoms with Gasteiger partial charge in [0.05, 0.1) is 22.1 Å². The zero-order chi connectivity index (χ0) is 22.9. The fourth-order valence-corrected chi connectivity index (χ4v) is 7.20. The first-order chi connectivity index (χ1) is 15.2. The predicted molar refractivity (Wildman–Crippen MR) is 123 cm³/mol. The Morgan fingerprint density at radius 3 is 2.16 bits per heavy atom. The lowest BCUT2D eigenvalue weighted by Crippen LogP contribution is -2.52. The summed E-state index contributed by atoms with van der Waals surface area (Å²) in [5, 5.41) is 0. The number of carbonyl (C=O) groups is 1. The fraction of sp³-hybridized carbons (Fsp3) is 0.409. The number of amides is 1. The van der Waals surface area contributed by atoms with Crippen LogP contribution in [-0.2, 0) is 19.9 Å². The number of benzene rings is 2. The zero-order valence-corrected chi connectivity index (χ0v) is 19.6. The van der Waals surface area contributed by atoms with Crippen molar-refractivity contribution >= 4 is 31.5 Å². The van der Waals surface area contributed by atoms with Crippen LogP contribution in [0, 0.1) is 0 Å². The molecule has 0 aromatic heterocycles. The number of sulfone groups is 1. The van der Waals surface area contributed by atoms with Gasteiger partial charge in [-0.3, -0.25) is 14.0 Å². The molecule has 0 N–H and O–H groups in total. The number of nitrogens with zero attached hydrogens (tertiary/aromatic N) is 3. The summed E-state index contributed by atoms with van der Waals surface area (Å²) in [7, 11) is -5.17. The third kappa shape index (κ3) is 4.67. The minimum Gasteiger partial charge on any atom is -0.336 e. The first kappa shape index (κ1) is 22.8. The predicted octanol–water partition coefficient (Wildman–Crippen LogP) is 1.46. The fourth-order valence-electron chi connectivity index (χ4n) is 4.24. The minimum absolute atomic E-state index is 0.0448. The normalized spacial score (nSPS) is 21.4. The number of para-hydroxylation sites is 1. The highest BCUT2D eigenvalue weighted by Crippen LogP contribution is 2.23. The van der Waals surface area contributed by atoms with E-state index < -0.39 is 19.9 Å². The van der Waals surface area contributed by atoms with Crippen molar-refractivity contribution < 1.29 is 21.6 Å². The highest BCUT2D eigenvalue weighted by atomic mass is 32.2. The maximum atomic E-state index is 12.9. The van der Waals surface area contributed by atoms with E-state index in [1.807, 2.05) is 6.07 Å². The molecule has 2 aromatic rings. The molecule has 172 valence electrons. The number of rotatable bonds is 5. The van der Waals surface area contributed by atoms with Gasteiger partial charge in [-0.15, -0.1) is 0 Å². The van der Waals surface area contributed by atoms with Crippen molar-refractivity contribution in [3.8, 4) is 0 Å². The molecule has 0 saturated carbocycles. The van der Waals surface area contributed by atoms with E-state index in [-0.39, 0.29) is 28.4 Å². The van der Waals surface area contributed by atoms with Gasteiger partial charge < -0.3 is 4.90 Å². The van der Waals surface area contributed by atoms with Gasteiger partial charge >= 0.3 is 0 Å². The van der Waals surface area contributed by atoms with E-state index in [1.54, 1.807) is 41.3 Å². The molecule has 0 aliphatic carbocycles. The Bertz CT molecular complexity index is 1170. The van der Waals surface area contributed by atoms with Crippen molar-refractivity contribution in [3.63, 3.8) is 0 Å². The number of hydrogen-bond acceptors (Lipinski definition) is 6. The van der Waals surface area contributed by atoms with Crippen LogP contribution < -0.4 is 4.31 Å². The van der Waals surface area contributed by atoms with E-state index in [4.69, 9.17) is 0 Å². The first-order valence-corrected chi connectivity index (χ1v) is 13.8. The molecule has 10 heteroatoms. The topological polar surface area (TPSA) is 95.1 Å². The zero-order valence-electron chi connectivity index (χ0n) is 17.9. The van der Waals surface area contributed by atoms with Gasteiger partial charge in [-0.05, 0) is 42.8 Å². The van der Waals surface area contributed by atoms with Gasteiger partial charge in [-0.2, -0.15) is 0 Å². The standard InChI is InChI=1S/C22H27N3O5S2/c1-23(19-5-3-2-4-6-19)32(29,30)21-9-7-18(8-10-21)22(26)25-14-12-24(13-15-25)20-11-16-31(27,28)17-20/h2-10,20H,11-17H2,1H3/t20-/m0/s1. The van der Waals surface area contributed by atoms with Gasteiger partial charge in [0.2, 0.25) is 0 Å². The van der Waals surface area contributed by atoms with Gasteiger partial charge in [-0.25, -0.2) is 16.8 Å².